The second-order valence-corrected chi connectivity index (χ2v) is 11.4. The summed E-state index contributed by atoms with van der Waals surface area (Å²) in [5.41, 5.74) is 0.369. The first-order valence-corrected chi connectivity index (χ1v) is 13.6. The van der Waals surface area contributed by atoms with Gasteiger partial charge in [0.25, 0.3) is 5.08 Å². The van der Waals surface area contributed by atoms with E-state index in [9.17, 15) is 24.1 Å². The number of aliphatic hydroxyl groups is 1. The first kappa shape index (κ1) is 31.1. The van der Waals surface area contributed by atoms with Gasteiger partial charge in [0.1, 0.15) is 11.3 Å². The molecule has 37 heavy (non-hydrogen) atoms. The number of fused-ring (bicyclic) bond motifs is 1. The Labute approximate surface area is 212 Å². The van der Waals surface area contributed by atoms with Gasteiger partial charge in [-0.15, -0.1) is 18.7 Å². The second kappa shape index (κ2) is 13.6. The van der Waals surface area contributed by atoms with Gasteiger partial charge in [-0.3, -0.25) is 9.13 Å². The molecule has 0 aliphatic rings. The average Bonchev–Trinajstić information content (AvgIpc) is 2.84. The highest BCUT2D eigenvalue weighted by Gasteiger charge is 2.68. The molecule has 0 bridgehead atoms. The number of aromatic carboxylic acids is 1. The van der Waals surface area contributed by atoms with E-state index in [4.69, 9.17) is 4.74 Å². The van der Waals surface area contributed by atoms with E-state index in [0.717, 1.165) is 28.4 Å². The molecular formula is C20H29NO14P2. The van der Waals surface area contributed by atoms with Gasteiger partial charge < -0.3 is 20.3 Å². The molecule has 0 aliphatic heterocycles. The molecule has 15 nitrogen and oxygen atoms in total. The zero-order valence-electron chi connectivity index (χ0n) is 20.7. The van der Waals surface area contributed by atoms with Crippen molar-refractivity contribution in [2.75, 3.05) is 46.9 Å². The van der Waals surface area contributed by atoms with E-state index in [1.54, 1.807) is 31.2 Å². The maximum absolute atomic E-state index is 13.4. The van der Waals surface area contributed by atoms with Gasteiger partial charge in [0, 0.05) is 29.4 Å². The molecule has 0 radical (unpaired) electrons. The molecule has 17 heteroatoms. The third kappa shape index (κ3) is 6.48. The van der Waals surface area contributed by atoms with E-state index < -0.39 is 32.7 Å². The summed E-state index contributed by atoms with van der Waals surface area (Å²) in [6.07, 6.45) is -0.708. The van der Waals surface area contributed by atoms with Crippen molar-refractivity contribution < 1.29 is 67.1 Å². The van der Waals surface area contributed by atoms with E-state index in [-0.39, 0.29) is 24.5 Å². The maximum atomic E-state index is 13.4. The van der Waals surface area contributed by atoms with Gasteiger partial charge in [-0.05, 0) is 25.1 Å². The van der Waals surface area contributed by atoms with Crippen LogP contribution in [0.5, 0.6) is 5.75 Å². The predicted molar refractivity (Wildman–Crippen MR) is 128 cm³/mol. The van der Waals surface area contributed by atoms with Crippen molar-refractivity contribution in [1.82, 2.24) is 0 Å². The molecule has 208 valence electrons. The lowest BCUT2D eigenvalue weighted by molar-refractivity contribution is -0.263. The number of hydrogen-bond acceptors (Lipinski definition) is 14. The van der Waals surface area contributed by atoms with Crippen LogP contribution in [0.25, 0.3) is 10.8 Å². The lowest BCUT2D eigenvalue weighted by Gasteiger charge is -2.34. The highest BCUT2D eigenvalue weighted by Crippen LogP contribution is 2.78. The molecular weight excluding hydrogens is 540 g/mol. The van der Waals surface area contributed by atoms with Gasteiger partial charge >= 0.3 is 21.2 Å². The molecule has 2 aromatic rings. The number of carbonyl (C=O) groups is 1. The number of carboxylic acid groups (broad SMARTS) is 1. The summed E-state index contributed by atoms with van der Waals surface area (Å²) in [5.74, 6) is -0.998. The zero-order valence-corrected chi connectivity index (χ0v) is 22.5. The van der Waals surface area contributed by atoms with E-state index in [0.29, 0.717) is 16.5 Å². The van der Waals surface area contributed by atoms with Gasteiger partial charge in [0.15, 0.2) is 0 Å². The highest BCUT2D eigenvalue weighted by atomic mass is 31.2. The second-order valence-electron chi connectivity index (χ2n) is 6.99. The van der Waals surface area contributed by atoms with Crippen LogP contribution < -0.4 is 10.1 Å². The Morgan fingerprint density at radius 2 is 1.43 bits per heavy atom. The summed E-state index contributed by atoms with van der Waals surface area (Å²) in [4.78, 5) is 29.6. The Balaban J connectivity index is 2.50. The molecule has 0 aliphatic carbocycles. The quantitative estimate of drug-likeness (QED) is 0.140. The standard InChI is InChI=1S/C20H29NO14P2/c1-6-31-17-11-10-14-15(18(17)19(22)23)8-7-9-16(14)21-13-12-20(24,36(25,32-27-2)33-28-3)37(26,34-29-4)35-30-5/h7-11,21,24H,6,12-13H2,1-5H3,(H,22,23). The average molecular weight is 569 g/mol. The molecule has 0 heterocycles. The van der Waals surface area contributed by atoms with Gasteiger partial charge in [0.2, 0.25) is 0 Å². The Morgan fingerprint density at radius 3 is 1.89 bits per heavy atom. The van der Waals surface area contributed by atoms with Gasteiger partial charge in [-0.25, -0.2) is 24.3 Å². The van der Waals surface area contributed by atoms with Crippen molar-refractivity contribution in [3.63, 3.8) is 0 Å². The summed E-state index contributed by atoms with van der Waals surface area (Å²) in [5, 5.41) is 21.8. The third-order valence-corrected chi connectivity index (χ3v) is 9.93. The minimum Gasteiger partial charge on any atom is -0.493 e. The Bertz CT molecular complexity index is 1110. The van der Waals surface area contributed by atoms with E-state index in [1.165, 1.54) is 6.07 Å². The Kier molecular flexibility index (Phi) is 11.4. The first-order valence-electron chi connectivity index (χ1n) is 10.6. The number of rotatable bonds is 17. The summed E-state index contributed by atoms with van der Waals surface area (Å²) in [7, 11) is -6.23. The van der Waals surface area contributed by atoms with E-state index in [1.807, 2.05) is 0 Å². The molecule has 2 aromatic carbocycles. The normalized spacial score (nSPS) is 12.6. The van der Waals surface area contributed by atoms with Crippen LogP contribution in [-0.4, -0.2) is 62.9 Å². The molecule has 0 atom stereocenters. The largest absolute Gasteiger partial charge is 0.493 e. The fourth-order valence-electron chi connectivity index (χ4n) is 3.43. The molecule has 0 saturated carbocycles. The van der Waals surface area contributed by atoms with Crippen LogP contribution in [0.15, 0.2) is 30.3 Å². The van der Waals surface area contributed by atoms with Gasteiger partial charge in [0.05, 0.1) is 35.0 Å². The topological polar surface area (TPSA) is 187 Å². The maximum Gasteiger partial charge on any atom is 0.428 e. The molecule has 2 rings (SSSR count). The fraction of sp³-hybridized carbons (Fsp3) is 0.450. The number of nitrogens with one attached hydrogen (secondary N) is 1. The van der Waals surface area contributed by atoms with E-state index >= 15 is 0 Å². The molecule has 0 saturated heterocycles. The summed E-state index contributed by atoms with van der Waals surface area (Å²) in [6, 6.07) is 7.97. The molecule has 0 amide bonds. The summed E-state index contributed by atoms with van der Waals surface area (Å²) in [6.45, 7) is 1.72. The van der Waals surface area contributed by atoms with Crippen molar-refractivity contribution in [2.45, 2.75) is 18.4 Å². The smallest absolute Gasteiger partial charge is 0.428 e. The molecule has 0 aromatic heterocycles. The van der Waals surface area contributed by atoms with Crippen molar-refractivity contribution in [3.05, 3.63) is 35.9 Å². The summed E-state index contributed by atoms with van der Waals surface area (Å²) < 4.78 is 50.8. The molecule has 0 fully saturated rings. The lowest BCUT2D eigenvalue weighted by atomic mass is 10.0. The van der Waals surface area contributed by atoms with Crippen LogP contribution in [0.3, 0.4) is 0 Å². The van der Waals surface area contributed by atoms with Crippen LogP contribution in [-0.2, 0) is 47.4 Å². The fourth-order valence-corrected chi connectivity index (χ4v) is 7.12. The lowest BCUT2D eigenvalue weighted by Crippen LogP contribution is -2.35. The number of ether oxygens (including phenoxy) is 1. The minimum absolute atomic E-state index is 0.0440. The Hall–Kier alpha value is -2.13. The first-order chi connectivity index (χ1) is 17.6. The summed E-state index contributed by atoms with van der Waals surface area (Å²) >= 11 is 0. The number of benzene rings is 2. The SMILES string of the molecule is CCOc1ccc2c(NCCC(O)(P(=O)(OOC)OOC)P(=O)(OOC)OOC)cccc2c1C(=O)O. The highest BCUT2D eigenvalue weighted by molar-refractivity contribution is 7.73. The zero-order chi connectivity index (χ0) is 27.7. The van der Waals surface area contributed by atoms with Gasteiger partial charge in [-0.1, -0.05) is 12.1 Å². The molecule has 3 N–H and O–H groups in total. The van der Waals surface area contributed by atoms with Crippen molar-refractivity contribution in [2.24, 2.45) is 0 Å². The van der Waals surface area contributed by atoms with Crippen LogP contribution in [0, 0.1) is 0 Å². The van der Waals surface area contributed by atoms with Crippen molar-refractivity contribution in [1.29, 1.82) is 0 Å². The van der Waals surface area contributed by atoms with Crippen LogP contribution in [0.1, 0.15) is 23.7 Å². The number of hydrogen-bond donors (Lipinski definition) is 3. The van der Waals surface area contributed by atoms with Crippen LogP contribution >= 0.6 is 15.2 Å². The van der Waals surface area contributed by atoms with Crippen molar-refractivity contribution in [3.8, 4) is 5.75 Å². The van der Waals surface area contributed by atoms with Crippen LogP contribution in [0.2, 0.25) is 0 Å². The Morgan fingerprint density at radius 1 is 0.892 bits per heavy atom. The number of anilines is 1. The van der Waals surface area contributed by atoms with E-state index in [2.05, 4.69) is 43.6 Å². The third-order valence-electron chi connectivity index (χ3n) is 4.88. The molecule has 0 unspecified atom stereocenters. The van der Waals surface area contributed by atoms with Crippen molar-refractivity contribution >= 4 is 37.6 Å². The van der Waals surface area contributed by atoms with Gasteiger partial charge in [-0.2, -0.15) is 0 Å². The molecule has 0 spiro atoms. The van der Waals surface area contributed by atoms with Crippen LogP contribution in [0.4, 0.5) is 5.69 Å². The monoisotopic (exact) mass is 569 g/mol. The number of carboxylic acids is 1. The predicted octanol–water partition coefficient (Wildman–Crippen LogP) is 4.08. The minimum atomic E-state index is -5.02.